The number of rotatable bonds is 2. The lowest BCUT2D eigenvalue weighted by molar-refractivity contribution is 0.0485. The minimum atomic E-state index is -1.13. The second kappa shape index (κ2) is 4.92. The van der Waals surface area contributed by atoms with E-state index in [0.29, 0.717) is 19.8 Å². The quantitative estimate of drug-likeness (QED) is 0.805. The van der Waals surface area contributed by atoms with Crippen LogP contribution in [0.2, 0.25) is 0 Å². The molecule has 3 rings (SSSR count). The van der Waals surface area contributed by atoms with Crippen LogP contribution in [0.1, 0.15) is 20.7 Å². The summed E-state index contributed by atoms with van der Waals surface area (Å²) < 4.78 is 31.6. The van der Waals surface area contributed by atoms with E-state index in [1.807, 2.05) is 0 Å². The molecule has 2 aliphatic heterocycles. The van der Waals surface area contributed by atoms with Gasteiger partial charge in [-0.05, 0) is 12.1 Å². The summed E-state index contributed by atoms with van der Waals surface area (Å²) in [7, 11) is 0. The van der Waals surface area contributed by atoms with Gasteiger partial charge in [0.2, 0.25) is 0 Å². The summed E-state index contributed by atoms with van der Waals surface area (Å²) in [5.41, 5.74) is -0.184. The average Bonchev–Trinajstić information content (AvgIpc) is 2.66. The monoisotopic (exact) mass is 282 g/mol. The molecular formula is C13H12F2N2O3. The molecule has 0 aromatic heterocycles. The number of hydrogen-bond acceptors (Lipinski definition) is 4. The van der Waals surface area contributed by atoms with Crippen molar-refractivity contribution in [1.82, 2.24) is 10.2 Å². The van der Waals surface area contributed by atoms with Crippen molar-refractivity contribution < 1.29 is 23.1 Å². The van der Waals surface area contributed by atoms with Crippen molar-refractivity contribution in [1.29, 1.82) is 0 Å². The van der Waals surface area contributed by atoms with Crippen LogP contribution in [-0.4, -0.2) is 49.1 Å². The zero-order chi connectivity index (χ0) is 14.3. The molecule has 1 fully saturated rings. The van der Waals surface area contributed by atoms with E-state index in [4.69, 9.17) is 4.74 Å². The topological polar surface area (TPSA) is 58.6 Å². The number of amides is 2. The number of nitrogens with zero attached hydrogens (tertiary/aromatic N) is 1. The van der Waals surface area contributed by atoms with Gasteiger partial charge in [-0.2, -0.15) is 0 Å². The molecular weight excluding hydrogens is 270 g/mol. The van der Waals surface area contributed by atoms with Gasteiger partial charge in [0.1, 0.15) is 0 Å². The molecule has 0 bridgehead atoms. The predicted molar refractivity (Wildman–Crippen MR) is 64.3 cm³/mol. The number of morpholine rings is 1. The first-order valence-corrected chi connectivity index (χ1v) is 6.24. The molecule has 5 nitrogen and oxygen atoms in total. The van der Waals surface area contributed by atoms with Gasteiger partial charge in [-0.3, -0.25) is 14.5 Å². The Hall–Kier alpha value is -1.86. The molecule has 106 valence electrons. The van der Waals surface area contributed by atoms with E-state index < -0.39 is 23.4 Å². The summed E-state index contributed by atoms with van der Waals surface area (Å²) in [6.45, 7) is 1.72. The Morgan fingerprint density at radius 2 is 1.80 bits per heavy atom. The van der Waals surface area contributed by atoms with Crippen LogP contribution in [0.15, 0.2) is 12.1 Å². The first kappa shape index (κ1) is 13.1. The van der Waals surface area contributed by atoms with Crippen LogP contribution in [0.5, 0.6) is 0 Å². The number of ether oxygens (including phenoxy) is 1. The van der Waals surface area contributed by atoms with Crippen LogP contribution in [0.3, 0.4) is 0 Å². The van der Waals surface area contributed by atoms with Gasteiger partial charge in [-0.25, -0.2) is 8.78 Å². The summed E-state index contributed by atoms with van der Waals surface area (Å²) in [6.07, 6.45) is 0. The molecule has 7 heteroatoms. The Kier molecular flexibility index (Phi) is 3.23. The molecule has 0 aliphatic carbocycles. The Morgan fingerprint density at radius 1 is 1.20 bits per heavy atom. The number of nitrogens with one attached hydrogen (secondary N) is 1. The zero-order valence-electron chi connectivity index (χ0n) is 10.5. The third-order valence-electron chi connectivity index (χ3n) is 3.41. The second-order valence-corrected chi connectivity index (χ2v) is 4.76. The lowest BCUT2D eigenvalue weighted by atomic mass is 10.1. The van der Waals surface area contributed by atoms with E-state index in [1.165, 1.54) is 0 Å². The molecule has 1 aromatic rings. The largest absolute Gasteiger partial charge is 0.378 e. The number of benzene rings is 1. The first-order valence-electron chi connectivity index (χ1n) is 6.24. The maximum Gasteiger partial charge on any atom is 0.261 e. The highest BCUT2D eigenvalue weighted by Crippen LogP contribution is 2.25. The summed E-state index contributed by atoms with van der Waals surface area (Å²) in [4.78, 5) is 25.2. The van der Waals surface area contributed by atoms with Crippen LogP contribution in [0, 0.1) is 11.6 Å². The molecule has 20 heavy (non-hydrogen) atoms. The van der Waals surface area contributed by atoms with E-state index in [0.717, 1.165) is 17.0 Å². The summed E-state index contributed by atoms with van der Waals surface area (Å²) in [6, 6.07) is 1.38. The number of fused-ring (bicyclic) bond motifs is 1. The van der Waals surface area contributed by atoms with Gasteiger partial charge in [0.05, 0.1) is 24.3 Å². The number of carbonyl (C=O) groups is 2. The lowest BCUT2D eigenvalue weighted by Crippen LogP contribution is -2.49. The molecule has 1 unspecified atom stereocenters. The maximum absolute atomic E-state index is 13.2. The van der Waals surface area contributed by atoms with Crippen LogP contribution in [0.4, 0.5) is 8.78 Å². The van der Waals surface area contributed by atoms with E-state index in [2.05, 4.69) is 5.32 Å². The van der Waals surface area contributed by atoms with Crippen molar-refractivity contribution in [2.24, 2.45) is 0 Å². The van der Waals surface area contributed by atoms with Gasteiger partial charge in [0.15, 0.2) is 11.6 Å². The number of hydrogen-bond donors (Lipinski definition) is 1. The number of carbonyl (C=O) groups excluding carboxylic acids is 2. The fraction of sp³-hybridized carbons (Fsp3) is 0.385. The summed E-state index contributed by atoms with van der Waals surface area (Å²) >= 11 is 0. The highest BCUT2D eigenvalue weighted by atomic mass is 19.2. The van der Waals surface area contributed by atoms with E-state index in [9.17, 15) is 18.4 Å². The van der Waals surface area contributed by atoms with Crippen molar-refractivity contribution in [3.63, 3.8) is 0 Å². The standard InChI is InChI=1S/C13H12F2N2O3/c14-10-3-8-9(4-11(10)15)13(19)17(12(8)18)5-7-6-20-2-1-16-7/h3-4,7,16H,1-2,5-6H2. The molecule has 0 spiro atoms. The second-order valence-electron chi connectivity index (χ2n) is 4.76. The molecule has 2 heterocycles. The lowest BCUT2D eigenvalue weighted by Gasteiger charge is -2.27. The van der Waals surface area contributed by atoms with Crippen molar-refractivity contribution in [3.05, 3.63) is 34.9 Å². The van der Waals surface area contributed by atoms with Crippen LogP contribution in [-0.2, 0) is 4.74 Å². The Bertz CT molecular complexity index is 544. The van der Waals surface area contributed by atoms with E-state index >= 15 is 0 Å². The van der Waals surface area contributed by atoms with Gasteiger partial charge < -0.3 is 10.1 Å². The molecule has 0 saturated carbocycles. The molecule has 1 N–H and O–H groups in total. The van der Waals surface area contributed by atoms with Gasteiger partial charge in [-0.15, -0.1) is 0 Å². The number of halogens is 2. The van der Waals surface area contributed by atoms with Crippen molar-refractivity contribution in [2.45, 2.75) is 6.04 Å². The summed E-state index contributed by atoms with van der Waals surface area (Å²) in [5, 5.41) is 3.12. The Morgan fingerprint density at radius 3 is 2.30 bits per heavy atom. The molecule has 2 amide bonds. The fourth-order valence-electron chi connectivity index (χ4n) is 2.41. The molecule has 1 atom stereocenters. The van der Waals surface area contributed by atoms with Crippen LogP contribution in [0.25, 0.3) is 0 Å². The molecule has 1 aromatic carbocycles. The predicted octanol–water partition coefficient (Wildman–Crippen LogP) is 0.549. The Labute approximate surface area is 113 Å². The van der Waals surface area contributed by atoms with Gasteiger partial charge in [0.25, 0.3) is 11.8 Å². The third kappa shape index (κ3) is 2.08. The average molecular weight is 282 g/mol. The van der Waals surface area contributed by atoms with E-state index in [1.54, 1.807) is 0 Å². The zero-order valence-corrected chi connectivity index (χ0v) is 10.5. The molecule has 1 saturated heterocycles. The van der Waals surface area contributed by atoms with Gasteiger partial charge in [-0.1, -0.05) is 0 Å². The SMILES string of the molecule is O=C1c2cc(F)c(F)cc2C(=O)N1CC1COCCN1. The van der Waals surface area contributed by atoms with Gasteiger partial charge in [0, 0.05) is 19.1 Å². The third-order valence-corrected chi connectivity index (χ3v) is 3.41. The smallest absolute Gasteiger partial charge is 0.261 e. The summed E-state index contributed by atoms with van der Waals surface area (Å²) in [5.74, 6) is -3.47. The highest BCUT2D eigenvalue weighted by Gasteiger charge is 2.38. The minimum Gasteiger partial charge on any atom is -0.378 e. The van der Waals surface area contributed by atoms with Crippen LogP contribution >= 0.6 is 0 Å². The normalized spacial score (nSPS) is 22.3. The Balaban J connectivity index is 1.85. The van der Waals surface area contributed by atoms with Crippen molar-refractivity contribution in [3.8, 4) is 0 Å². The highest BCUT2D eigenvalue weighted by molar-refractivity contribution is 6.21. The maximum atomic E-state index is 13.2. The molecule has 2 aliphatic rings. The fourth-order valence-corrected chi connectivity index (χ4v) is 2.41. The minimum absolute atomic E-state index is 0.0920. The van der Waals surface area contributed by atoms with Gasteiger partial charge >= 0.3 is 0 Å². The number of imide groups is 1. The van der Waals surface area contributed by atoms with E-state index in [-0.39, 0.29) is 23.7 Å². The first-order chi connectivity index (χ1) is 9.58. The molecule has 0 radical (unpaired) electrons. The van der Waals surface area contributed by atoms with Crippen LogP contribution < -0.4 is 5.32 Å². The van der Waals surface area contributed by atoms with Crippen molar-refractivity contribution in [2.75, 3.05) is 26.3 Å². The van der Waals surface area contributed by atoms with Crippen molar-refractivity contribution >= 4 is 11.8 Å².